The summed E-state index contributed by atoms with van der Waals surface area (Å²) in [5.41, 5.74) is 0.531. The van der Waals surface area contributed by atoms with Gasteiger partial charge in [-0.25, -0.2) is 4.39 Å². The van der Waals surface area contributed by atoms with Crippen LogP contribution in [0, 0.1) is 5.82 Å². The van der Waals surface area contributed by atoms with Gasteiger partial charge in [-0.2, -0.15) is 0 Å². The minimum absolute atomic E-state index is 0.0866. The average molecular weight is 417 g/mol. The fourth-order valence-corrected chi connectivity index (χ4v) is 3.81. The Hall–Kier alpha value is -1.53. The van der Waals surface area contributed by atoms with Crippen LogP contribution < -0.4 is 0 Å². The van der Waals surface area contributed by atoms with Gasteiger partial charge in [0, 0.05) is 26.2 Å². The van der Waals surface area contributed by atoms with E-state index in [1.54, 1.807) is 18.2 Å². The molecular formula is C17H9Cl3FNO2S. The molecule has 0 aliphatic carbocycles. The third-order valence-electron chi connectivity index (χ3n) is 3.53. The van der Waals surface area contributed by atoms with Gasteiger partial charge in [0.15, 0.2) is 0 Å². The van der Waals surface area contributed by atoms with Crippen molar-refractivity contribution in [1.82, 2.24) is 4.90 Å². The monoisotopic (exact) mass is 415 g/mol. The molecule has 8 heteroatoms. The molecule has 0 N–H and O–H groups in total. The molecule has 2 amide bonds. The summed E-state index contributed by atoms with van der Waals surface area (Å²) in [7, 11) is 0. The molecule has 2 aromatic carbocycles. The van der Waals surface area contributed by atoms with Crippen molar-refractivity contribution < 1.29 is 14.0 Å². The van der Waals surface area contributed by atoms with Crippen molar-refractivity contribution in [3.63, 3.8) is 0 Å². The molecule has 0 aromatic heterocycles. The Balaban J connectivity index is 1.92. The van der Waals surface area contributed by atoms with Gasteiger partial charge in [-0.1, -0.05) is 46.9 Å². The molecule has 2 aromatic rings. The second-order valence-electron chi connectivity index (χ2n) is 5.10. The first kappa shape index (κ1) is 18.3. The Morgan fingerprint density at radius 2 is 1.60 bits per heavy atom. The molecule has 0 atom stereocenters. The maximum atomic E-state index is 13.9. The highest BCUT2D eigenvalue weighted by Crippen LogP contribution is 2.37. The summed E-state index contributed by atoms with van der Waals surface area (Å²) in [6.45, 7) is -0.246. The number of rotatable bonds is 3. The number of imide groups is 1. The standard InChI is InChI=1S/C17H9Cl3FNO2S/c18-11-3-1-4-12(19)9(11)7-15-16(23)22(17(24)25-15)8-10-13(20)5-2-6-14(10)21/h1-7H,8H2/b15-7-. The van der Waals surface area contributed by atoms with Gasteiger partial charge >= 0.3 is 0 Å². The molecule has 3 rings (SSSR count). The van der Waals surface area contributed by atoms with Crippen molar-refractivity contribution >= 4 is 63.8 Å². The molecule has 0 saturated carbocycles. The van der Waals surface area contributed by atoms with E-state index in [1.807, 2.05) is 0 Å². The second kappa shape index (κ2) is 7.38. The predicted octanol–water partition coefficient (Wildman–Crippen LogP) is 6.02. The number of nitrogens with zero attached hydrogens (tertiary/aromatic N) is 1. The van der Waals surface area contributed by atoms with Crippen molar-refractivity contribution in [3.05, 3.63) is 73.3 Å². The molecule has 0 radical (unpaired) electrons. The Labute approximate surface area is 162 Å². The first-order valence-electron chi connectivity index (χ1n) is 7.00. The van der Waals surface area contributed by atoms with E-state index in [1.165, 1.54) is 24.3 Å². The SMILES string of the molecule is O=C1S/C(=C\c2c(Cl)cccc2Cl)C(=O)N1Cc1c(F)cccc1Cl. The van der Waals surface area contributed by atoms with Crippen LogP contribution in [0.15, 0.2) is 41.3 Å². The summed E-state index contributed by atoms with van der Waals surface area (Å²) in [5.74, 6) is -1.13. The van der Waals surface area contributed by atoms with Crippen LogP contribution in [0.4, 0.5) is 9.18 Å². The van der Waals surface area contributed by atoms with Gasteiger partial charge in [0.25, 0.3) is 11.1 Å². The molecular weight excluding hydrogens is 408 g/mol. The number of halogens is 4. The molecule has 1 heterocycles. The lowest BCUT2D eigenvalue weighted by Crippen LogP contribution is -2.28. The third-order valence-corrected chi connectivity index (χ3v) is 5.45. The minimum Gasteiger partial charge on any atom is -0.268 e. The van der Waals surface area contributed by atoms with Crippen LogP contribution in [-0.4, -0.2) is 16.0 Å². The van der Waals surface area contributed by atoms with Gasteiger partial charge in [0.1, 0.15) is 5.82 Å². The highest BCUT2D eigenvalue weighted by atomic mass is 35.5. The van der Waals surface area contributed by atoms with Crippen molar-refractivity contribution in [3.8, 4) is 0 Å². The molecule has 0 bridgehead atoms. The molecule has 25 heavy (non-hydrogen) atoms. The molecule has 1 saturated heterocycles. The summed E-state index contributed by atoms with van der Waals surface area (Å²) in [6, 6.07) is 9.10. The van der Waals surface area contributed by atoms with E-state index in [2.05, 4.69) is 0 Å². The summed E-state index contributed by atoms with van der Waals surface area (Å²) in [5, 5.41) is 0.351. The first-order valence-corrected chi connectivity index (χ1v) is 8.96. The summed E-state index contributed by atoms with van der Waals surface area (Å²) >= 11 is 18.9. The highest BCUT2D eigenvalue weighted by molar-refractivity contribution is 8.18. The molecule has 1 aliphatic heterocycles. The van der Waals surface area contributed by atoms with E-state index >= 15 is 0 Å². The largest absolute Gasteiger partial charge is 0.293 e. The number of carbonyl (C=O) groups is 2. The Bertz CT molecular complexity index is 876. The quantitative estimate of drug-likeness (QED) is 0.574. The number of hydrogen-bond donors (Lipinski definition) is 0. The van der Waals surface area contributed by atoms with Gasteiger partial charge in [0.05, 0.1) is 11.4 Å². The molecule has 1 aliphatic rings. The first-order chi connectivity index (χ1) is 11.9. The molecule has 0 unspecified atom stereocenters. The Kier molecular flexibility index (Phi) is 5.39. The van der Waals surface area contributed by atoms with Crippen molar-refractivity contribution in [1.29, 1.82) is 0 Å². The minimum atomic E-state index is -0.579. The van der Waals surface area contributed by atoms with Gasteiger partial charge in [-0.15, -0.1) is 0 Å². The topological polar surface area (TPSA) is 37.4 Å². The smallest absolute Gasteiger partial charge is 0.268 e. The summed E-state index contributed by atoms with van der Waals surface area (Å²) in [4.78, 5) is 25.8. The van der Waals surface area contributed by atoms with Crippen molar-refractivity contribution in [2.75, 3.05) is 0 Å². The zero-order valence-corrected chi connectivity index (χ0v) is 15.5. The van der Waals surface area contributed by atoms with Gasteiger partial charge in [-0.3, -0.25) is 14.5 Å². The number of carbonyl (C=O) groups excluding carboxylic acids is 2. The summed E-state index contributed by atoms with van der Waals surface area (Å²) in [6.07, 6.45) is 1.46. The Morgan fingerprint density at radius 3 is 2.24 bits per heavy atom. The normalized spacial score (nSPS) is 16.2. The lowest BCUT2D eigenvalue weighted by molar-refractivity contribution is -0.123. The predicted molar refractivity (Wildman–Crippen MR) is 99.4 cm³/mol. The van der Waals surface area contributed by atoms with E-state index < -0.39 is 17.0 Å². The zero-order valence-electron chi connectivity index (χ0n) is 12.4. The summed E-state index contributed by atoms with van der Waals surface area (Å²) < 4.78 is 13.9. The van der Waals surface area contributed by atoms with Crippen LogP contribution in [0.25, 0.3) is 6.08 Å². The maximum absolute atomic E-state index is 13.9. The van der Waals surface area contributed by atoms with Gasteiger partial charge < -0.3 is 0 Å². The van der Waals surface area contributed by atoms with Crippen molar-refractivity contribution in [2.45, 2.75) is 6.54 Å². The third kappa shape index (κ3) is 3.70. The number of benzene rings is 2. The fraction of sp³-hybridized carbons (Fsp3) is 0.0588. The average Bonchev–Trinajstić information content (AvgIpc) is 2.81. The van der Waals surface area contributed by atoms with E-state index in [4.69, 9.17) is 34.8 Å². The molecule has 3 nitrogen and oxygen atoms in total. The fourth-order valence-electron chi connectivity index (χ4n) is 2.26. The van der Waals surface area contributed by atoms with E-state index in [0.717, 1.165) is 16.7 Å². The van der Waals surface area contributed by atoms with Gasteiger partial charge in [0.2, 0.25) is 0 Å². The van der Waals surface area contributed by atoms with Crippen LogP contribution in [-0.2, 0) is 11.3 Å². The van der Waals surface area contributed by atoms with Crippen LogP contribution in [0.3, 0.4) is 0 Å². The van der Waals surface area contributed by atoms with E-state index in [0.29, 0.717) is 15.6 Å². The number of hydrogen-bond acceptors (Lipinski definition) is 3. The van der Waals surface area contributed by atoms with Crippen LogP contribution >= 0.6 is 46.6 Å². The van der Waals surface area contributed by atoms with Crippen LogP contribution in [0.5, 0.6) is 0 Å². The van der Waals surface area contributed by atoms with Crippen molar-refractivity contribution in [2.24, 2.45) is 0 Å². The molecule has 128 valence electrons. The maximum Gasteiger partial charge on any atom is 0.293 e. The van der Waals surface area contributed by atoms with Crippen LogP contribution in [0.2, 0.25) is 15.1 Å². The zero-order chi connectivity index (χ0) is 18.1. The lowest BCUT2D eigenvalue weighted by Gasteiger charge is -2.14. The number of thioether (sulfide) groups is 1. The highest BCUT2D eigenvalue weighted by Gasteiger charge is 2.36. The van der Waals surface area contributed by atoms with Crippen LogP contribution in [0.1, 0.15) is 11.1 Å². The lowest BCUT2D eigenvalue weighted by atomic mass is 10.2. The molecule has 0 spiro atoms. The van der Waals surface area contributed by atoms with E-state index in [9.17, 15) is 14.0 Å². The number of amides is 2. The second-order valence-corrected chi connectivity index (χ2v) is 7.32. The van der Waals surface area contributed by atoms with E-state index in [-0.39, 0.29) is 22.0 Å². The van der Waals surface area contributed by atoms with Gasteiger partial charge in [-0.05, 0) is 42.1 Å². The molecule has 1 fully saturated rings. The Morgan fingerprint density at radius 1 is 1.00 bits per heavy atom.